The molecule has 1 N–H and O–H groups in total. The Morgan fingerprint density at radius 2 is 2.12 bits per heavy atom. The van der Waals surface area contributed by atoms with Crippen molar-refractivity contribution < 1.29 is 0 Å². The molecule has 0 radical (unpaired) electrons. The number of rotatable bonds is 4. The average molecular weight is 232 g/mol. The van der Waals surface area contributed by atoms with Crippen molar-refractivity contribution in [3.05, 3.63) is 51.5 Å². The van der Waals surface area contributed by atoms with Crippen LogP contribution in [0.1, 0.15) is 21.0 Å². The lowest BCUT2D eigenvalue weighted by atomic mass is 10.3. The molecule has 0 spiro atoms. The summed E-state index contributed by atoms with van der Waals surface area (Å²) in [5.74, 6) is 0. The molecule has 3 heteroatoms. The SMILES string of the molecule is Cc1cc(CNCc2ccccn2)sc1C. The van der Waals surface area contributed by atoms with Crippen LogP contribution in [0.4, 0.5) is 0 Å². The number of nitrogens with one attached hydrogen (secondary N) is 1. The lowest BCUT2D eigenvalue weighted by Crippen LogP contribution is -2.12. The third kappa shape index (κ3) is 2.90. The van der Waals surface area contributed by atoms with Crippen molar-refractivity contribution in [3.8, 4) is 0 Å². The molecule has 16 heavy (non-hydrogen) atoms. The number of aromatic nitrogens is 1. The topological polar surface area (TPSA) is 24.9 Å². The zero-order chi connectivity index (χ0) is 11.4. The second-order valence-corrected chi connectivity index (χ2v) is 5.22. The van der Waals surface area contributed by atoms with Gasteiger partial charge in [-0.1, -0.05) is 6.07 Å². The smallest absolute Gasteiger partial charge is 0.0541 e. The van der Waals surface area contributed by atoms with Crippen molar-refractivity contribution >= 4 is 11.3 Å². The molecule has 0 saturated carbocycles. The van der Waals surface area contributed by atoms with Gasteiger partial charge in [0.2, 0.25) is 0 Å². The van der Waals surface area contributed by atoms with E-state index in [2.05, 4.69) is 30.2 Å². The number of aryl methyl sites for hydroxylation is 2. The summed E-state index contributed by atoms with van der Waals surface area (Å²) in [4.78, 5) is 7.08. The maximum absolute atomic E-state index is 4.27. The minimum atomic E-state index is 0.830. The standard InChI is InChI=1S/C13H16N2S/c1-10-7-13(16-11(10)2)9-14-8-12-5-3-4-6-15-12/h3-7,14H,8-9H2,1-2H3. The van der Waals surface area contributed by atoms with Crippen LogP contribution < -0.4 is 5.32 Å². The summed E-state index contributed by atoms with van der Waals surface area (Å²) in [6.45, 7) is 6.09. The Morgan fingerprint density at radius 3 is 2.75 bits per heavy atom. The average Bonchev–Trinajstić information content (AvgIpc) is 2.60. The monoisotopic (exact) mass is 232 g/mol. The van der Waals surface area contributed by atoms with Crippen LogP contribution in [0.2, 0.25) is 0 Å². The van der Waals surface area contributed by atoms with Gasteiger partial charge in [-0.25, -0.2) is 0 Å². The highest BCUT2D eigenvalue weighted by Crippen LogP contribution is 2.20. The highest BCUT2D eigenvalue weighted by Gasteiger charge is 2.01. The van der Waals surface area contributed by atoms with E-state index in [9.17, 15) is 0 Å². The summed E-state index contributed by atoms with van der Waals surface area (Å²) < 4.78 is 0. The second kappa shape index (κ2) is 5.23. The first-order valence-electron chi connectivity index (χ1n) is 5.42. The maximum Gasteiger partial charge on any atom is 0.0541 e. The van der Waals surface area contributed by atoms with Gasteiger partial charge < -0.3 is 5.32 Å². The van der Waals surface area contributed by atoms with Gasteiger partial charge in [0.05, 0.1) is 5.69 Å². The molecule has 0 saturated heterocycles. The van der Waals surface area contributed by atoms with E-state index in [1.54, 1.807) is 0 Å². The number of hydrogen-bond acceptors (Lipinski definition) is 3. The van der Waals surface area contributed by atoms with Crippen LogP contribution in [0.25, 0.3) is 0 Å². The van der Waals surface area contributed by atoms with E-state index in [1.165, 1.54) is 15.3 Å². The Kier molecular flexibility index (Phi) is 3.70. The first-order chi connectivity index (χ1) is 7.75. The van der Waals surface area contributed by atoms with E-state index in [0.29, 0.717) is 0 Å². The first kappa shape index (κ1) is 11.3. The lowest BCUT2D eigenvalue weighted by molar-refractivity contribution is 0.686. The molecule has 0 atom stereocenters. The molecular weight excluding hydrogens is 216 g/mol. The quantitative estimate of drug-likeness (QED) is 0.876. The van der Waals surface area contributed by atoms with Gasteiger partial charge in [0.1, 0.15) is 0 Å². The van der Waals surface area contributed by atoms with Crippen molar-refractivity contribution in [2.24, 2.45) is 0 Å². The molecule has 0 aromatic carbocycles. The summed E-state index contributed by atoms with van der Waals surface area (Å²) in [6.07, 6.45) is 1.83. The third-order valence-electron chi connectivity index (χ3n) is 2.55. The zero-order valence-electron chi connectivity index (χ0n) is 9.66. The molecule has 0 aliphatic heterocycles. The van der Waals surface area contributed by atoms with Gasteiger partial charge in [-0.3, -0.25) is 4.98 Å². The van der Waals surface area contributed by atoms with Crippen LogP contribution in [-0.4, -0.2) is 4.98 Å². The first-order valence-corrected chi connectivity index (χ1v) is 6.24. The summed E-state index contributed by atoms with van der Waals surface area (Å²) in [6, 6.07) is 8.25. The van der Waals surface area contributed by atoms with E-state index in [4.69, 9.17) is 0 Å². The van der Waals surface area contributed by atoms with Gasteiger partial charge in [0.25, 0.3) is 0 Å². The molecular formula is C13H16N2S. The molecule has 0 aliphatic rings. The van der Waals surface area contributed by atoms with Crippen LogP contribution in [0, 0.1) is 13.8 Å². The Hall–Kier alpha value is -1.19. The number of thiophene rings is 1. The predicted molar refractivity (Wildman–Crippen MR) is 68.6 cm³/mol. The van der Waals surface area contributed by atoms with E-state index >= 15 is 0 Å². The maximum atomic E-state index is 4.27. The van der Waals surface area contributed by atoms with E-state index in [0.717, 1.165) is 18.8 Å². The predicted octanol–water partition coefficient (Wildman–Crippen LogP) is 3.05. The van der Waals surface area contributed by atoms with Crippen LogP contribution >= 0.6 is 11.3 Å². The molecule has 0 bridgehead atoms. The number of hydrogen-bond donors (Lipinski definition) is 1. The van der Waals surface area contributed by atoms with Gasteiger partial charge in [-0.05, 0) is 37.6 Å². The Bertz CT molecular complexity index is 429. The fourth-order valence-electron chi connectivity index (χ4n) is 1.55. The van der Waals surface area contributed by atoms with Crippen molar-refractivity contribution in [1.29, 1.82) is 0 Å². The van der Waals surface area contributed by atoms with E-state index in [1.807, 2.05) is 35.7 Å². The van der Waals surface area contributed by atoms with Crippen molar-refractivity contribution in [1.82, 2.24) is 10.3 Å². The number of nitrogens with zero attached hydrogens (tertiary/aromatic N) is 1. The van der Waals surface area contributed by atoms with E-state index < -0.39 is 0 Å². The minimum absolute atomic E-state index is 0.830. The molecule has 0 aliphatic carbocycles. The van der Waals surface area contributed by atoms with Crippen LogP contribution in [0.15, 0.2) is 30.5 Å². The third-order valence-corrected chi connectivity index (χ3v) is 3.70. The molecule has 0 unspecified atom stereocenters. The zero-order valence-corrected chi connectivity index (χ0v) is 10.5. The lowest BCUT2D eigenvalue weighted by Gasteiger charge is -2.01. The van der Waals surface area contributed by atoms with Crippen molar-refractivity contribution in [2.75, 3.05) is 0 Å². The summed E-state index contributed by atoms with van der Waals surface area (Å²) >= 11 is 1.87. The van der Waals surface area contributed by atoms with Gasteiger partial charge in [0, 0.05) is 29.0 Å². The van der Waals surface area contributed by atoms with Gasteiger partial charge in [-0.2, -0.15) is 0 Å². The molecule has 2 aromatic heterocycles. The summed E-state index contributed by atoms with van der Waals surface area (Å²) in [7, 11) is 0. The van der Waals surface area contributed by atoms with Crippen molar-refractivity contribution in [2.45, 2.75) is 26.9 Å². The Labute approximate surface area is 100 Å². The molecule has 2 rings (SSSR count). The van der Waals surface area contributed by atoms with Crippen LogP contribution in [-0.2, 0) is 13.1 Å². The normalized spacial score (nSPS) is 10.6. The van der Waals surface area contributed by atoms with E-state index in [-0.39, 0.29) is 0 Å². The summed E-state index contributed by atoms with van der Waals surface area (Å²) in [5, 5.41) is 3.41. The number of pyridine rings is 1. The molecule has 0 amide bonds. The largest absolute Gasteiger partial charge is 0.306 e. The molecule has 2 heterocycles. The van der Waals surface area contributed by atoms with Gasteiger partial charge >= 0.3 is 0 Å². The fraction of sp³-hybridized carbons (Fsp3) is 0.308. The van der Waals surface area contributed by atoms with Crippen molar-refractivity contribution in [3.63, 3.8) is 0 Å². The second-order valence-electron chi connectivity index (χ2n) is 3.88. The van der Waals surface area contributed by atoms with Gasteiger partial charge in [0.15, 0.2) is 0 Å². The molecule has 0 fully saturated rings. The minimum Gasteiger partial charge on any atom is -0.306 e. The summed E-state index contributed by atoms with van der Waals surface area (Å²) in [5.41, 5.74) is 2.48. The Morgan fingerprint density at radius 1 is 1.25 bits per heavy atom. The van der Waals surface area contributed by atoms with Gasteiger partial charge in [-0.15, -0.1) is 11.3 Å². The fourth-order valence-corrected chi connectivity index (χ4v) is 2.58. The Balaban J connectivity index is 1.84. The molecule has 2 aromatic rings. The van der Waals surface area contributed by atoms with Crippen LogP contribution in [0.5, 0.6) is 0 Å². The molecule has 2 nitrogen and oxygen atoms in total. The highest BCUT2D eigenvalue weighted by molar-refractivity contribution is 7.12. The highest BCUT2D eigenvalue weighted by atomic mass is 32.1. The molecule has 84 valence electrons. The van der Waals surface area contributed by atoms with Crippen LogP contribution in [0.3, 0.4) is 0 Å².